The molecule has 0 amide bonds. The summed E-state index contributed by atoms with van der Waals surface area (Å²) < 4.78 is 25.8. The van der Waals surface area contributed by atoms with Gasteiger partial charge in [-0.15, -0.1) is 0 Å². The van der Waals surface area contributed by atoms with Crippen LogP contribution in [0.4, 0.5) is 14.5 Å². The molecule has 1 rings (SSSR count). The van der Waals surface area contributed by atoms with Gasteiger partial charge in [0.15, 0.2) is 0 Å². The third-order valence-corrected chi connectivity index (χ3v) is 1.93. The van der Waals surface area contributed by atoms with Crippen LogP contribution in [0.25, 0.3) is 0 Å². The molecule has 4 heteroatoms. The summed E-state index contributed by atoms with van der Waals surface area (Å²) in [5.41, 5.74) is 5.32. The van der Waals surface area contributed by atoms with Gasteiger partial charge in [-0.2, -0.15) is 0 Å². The monoisotopic (exact) mass is 259 g/mol. The molecule has 0 bridgehead atoms. The Morgan fingerprint density at radius 2 is 2.00 bits per heavy atom. The van der Waals surface area contributed by atoms with Gasteiger partial charge in [0.1, 0.15) is 11.6 Å². The maximum Gasteiger partial charge on any atom is 0.149 e. The van der Waals surface area contributed by atoms with Crippen molar-refractivity contribution in [3.8, 4) is 11.8 Å². The van der Waals surface area contributed by atoms with Crippen LogP contribution >= 0.6 is 15.9 Å². The zero-order chi connectivity index (χ0) is 10.6. The largest absolute Gasteiger partial charge is 0.396 e. The maximum absolute atomic E-state index is 13.0. The second-order valence-corrected chi connectivity index (χ2v) is 3.39. The lowest BCUT2D eigenvalue weighted by Gasteiger charge is -1.98. The van der Waals surface area contributed by atoms with E-state index in [2.05, 4.69) is 27.8 Å². The van der Waals surface area contributed by atoms with E-state index < -0.39 is 11.6 Å². The van der Waals surface area contributed by atoms with Gasteiger partial charge >= 0.3 is 0 Å². The minimum absolute atomic E-state index is 0.0884. The Balaban J connectivity index is 3.00. The lowest BCUT2D eigenvalue weighted by molar-refractivity contribution is 0.584. The number of nitrogen functional groups attached to an aromatic ring is 1. The van der Waals surface area contributed by atoms with Crippen LogP contribution in [-0.4, -0.2) is 5.33 Å². The first-order valence-corrected chi connectivity index (χ1v) is 5.06. The van der Waals surface area contributed by atoms with E-state index in [4.69, 9.17) is 5.73 Å². The molecule has 0 radical (unpaired) electrons. The van der Waals surface area contributed by atoms with Crippen molar-refractivity contribution in [1.29, 1.82) is 0 Å². The third kappa shape index (κ3) is 2.71. The van der Waals surface area contributed by atoms with Gasteiger partial charge in [-0.25, -0.2) is 8.78 Å². The molecule has 1 aromatic carbocycles. The van der Waals surface area contributed by atoms with Gasteiger partial charge < -0.3 is 5.73 Å². The van der Waals surface area contributed by atoms with Gasteiger partial charge in [-0.3, -0.25) is 0 Å². The highest BCUT2D eigenvalue weighted by atomic mass is 79.9. The molecule has 0 aliphatic carbocycles. The minimum atomic E-state index is -0.756. The Hall–Kier alpha value is -1.08. The van der Waals surface area contributed by atoms with Gasteiger partial charge in [0.25, 0.3) is 0 Å². The first-order valence-electron chi connectivity index (χ1n) is 3.94. The highest BCUT2D eigenvalue weighted by Crippen LogP contribution is 2.15. The third-order valence-electron chi connectivity index (χ3n) is 1.53. The van der Waals surface area contributed by atoms with Crippen LogP contribution in [0.15, 0.2) is 12.1 Å². The van der Waals surface area contributed by atoms with E-state index in [1.54, 1.807) is 0 Å². The average Bonchev–Trinajstić information content (AvgIpc) is 2.14. The molecule has 0 unspecified atom stereocenters. The number of hydrogen-bond donors (Lipinski definition) is 1. The molecule has 0 aliphatic rings. The lowest BCUT2D eigenvalue weighted by Crippen LogP contribution is -1.94. The molecule has 0 aromatic heterocycles. The molecule has 1 nitrogen and oxygen atoms in total. The van der Waals surface area contributed by atoms with E-state index in [9.17, 15) is 8.78 Å². The number of benzene rings is 1. The number of halogens is 3. The highest BCUT2D eigenvalue weighted by Gasteiger charge is 2.04. The van der Waals surface area contributed by atoms with Crippen LogP contribution in [0.1, 0.15) is 12.0 Å². The van der Waals surface area contributed by atoms with Crippen LogP contribution in [0.5, 0.6) is 0 Å². The molecule has 1 aromatic rings. The van der Waals surface area contributed by atoms with Crippen molar-refractivity contribution >= 4 is 21.6 Å². The molecular formula is C10H8BrF2N. The molecule has 2 N–H and O–H groups in total. The van der Waals surface area contributed by atoms with E-state index in [1.807, 2.05) is 0 Å². The van der Waals surface area contributed by atoms with Crippen LogP contribution in [0, 0.1) is 23.5 Å². The van der Waals surface area contributed by atoms with E-state index in [0.29, 0.717) is 6.42 Å². The Kier molecular flexibility index (Phi) is 3.90. The maximum atomic E-state index is 13.0. The summed E-state index contributed by atoms with van der Waals surface area (Å²) in [6.45, 7) is 0. The van der Waals surface area contributed by atoms with Crippen molar-refractivity contribution in [2.45, 2.75) is 6.42 Å². The number of rotatable bonds is 1. The molecule has 0 spiro atoms. The number of hydrogen-bond acceptors (Lipinski definition) is 1. The van der Waals surface area contributed by atoms with Gasteiger partial charge in [-0.1, -0.05) is 27.8 Å². The Morgan fingerprint density at radius 3 is 2.64 bits per heavy atom. The van der Waals surface area contributed by atoms with Gasteiger partial charge in [0, 0.05) is 17.8 Å². The molecule has 0 atom stereocenters. The Bertz CT molecular complexity index is 393. The quantitative estimate of drug-likeness (QED) is 0.469. The minimum Gasteiger partial charge on any atom is -0.396 e. The SMILES string of the molecule is Nc1cc(C#CCCBr)c(F)cc1F. The molecular weight excluding hydrogens is 252 g/mol. The van der Waals surface area contributed by atoms with Crippen molar-refractivity contribution in [2.24, 2.45) is 0 Å². The summed E-state index contributed by atoms with van der Waals surface area (Å²) >= 11 is 3.19. The second kappa shape index (κ2) is 4.97. The lowest BCUT2D eigenvalue weighted by atomic mass is 10.2. The average molecular weight is 260 g/mol. The fraction of sp³-hybridized carbons (Fsp3) is 0.200. The number of anilines is 1. The van der Waals surface area contributed by atoms with Crippen molar-refractivity contribution in [2.75, 3.05) is 11.1 Å². The summed E-state index contributed by atoms with van der Waals surface area (Å²) in [5, 5.41) is 0.721. The molecule has 0 heterocycles. The number of alkyl halides is 1. The summed E-state index contributed by atoms with van der Waals surface area (Å²) in [4.78, 5) is 0. The molecule has 14 heavy (non-hydrogen) atoms. The van der Waals surface area contributed by atoms with E-state index in [-0.39, 0.29) is 11.3 Å². The van der Waals surface area contributed by atoms with E-state index >= 15 is 0 Å². The van der Waals surface area contributed by atoms with Crippen molar-refractivity contribution in [3.63, 3.8) is 0 Å². The van der Waals surface area contributed by atoms with E-state index in [0.717, 1.165) is 11.4 Å². The zero-order valence-corrected chi connectivity index (χ0v) is 8.87. The zero-order valence-electron chi connectivity index (χ0n) is 7.28. The second-order valence-electron chi connectivity index (χ2n) is 2.59. The van der Waals surface area contributed by atoms with Crippen molar-refractivity contribution in [3.05, 3.63) is 29.3 Å². The topological polar surface area (TPSA) is 26.0 Å². The van der Waals surface area contributed by atoms with Gasteiger partial charge in [0.05, 0.1) is 11.3 Å². The standard InChI is InChI=1S/C10H8BrF2N/c11-4-2-1-3-7-5-10(14)9(13)6-8(7)12/h5-6H,2,4,14H2. The van der Waals surface area contributed by atoms with Crippen LogP contribution in [0.3, 0.4) is 0 Å². The van der Waals surface area contributed by atoms with Crippen LogP contribution < -0.4 is 5.73 Å². The molecule has 74 valence electrons. The molecule has 0 aliphatic heterocycles. The predicted octanol–water partition coefficient (Wildman–Crippen LogP) is 2.68. The van der Waals surface area contributed by atoms with Crippen molar-refractivity contribution in [1.82, 2.24) is 0 Å². The smallest absolute Gasteiger partial charge is 0.149 e. The predicted molar refractivity (Wildman–Crippen MR) is 56.1 cm³/mol. The molecule has 0 fully saturated rings. The summed E-state index contributed by atoms with van der Waals surface area (Å²) in [5.74, 6) is 3.87. The summed E-state index contributed by atoms with van der Waals surface area (Å²) in [7, 11) is 0. The van der Waals surface area contributed by atoms with E-state index in [1.165, 1.54) is 6.07 Å². The van der Waals surface area contributed by atoms with Crippen molar-refractivity contribution < 1.29 is 8.78 Å². The summed E-state index contributed by atoms with van der Waals surface area (Å²) in [6, 6.07) is 1.94. The summed E-state index contributed by atoms with van der Waals surface area (Å²) in [6.07, 6.45) is 0.608. The first kappa shape index (κ1) is 11.0. The fourth-order valence-corrected chi connectivity index (χ4v) is 1.06. The Labute approximate surface area is 89.4 Å². The van der Waals surface area contributed by atoms with Crippen LogP contribution in [-0.2, 0) is 0 Å². The number of nitrogens with two attached hydrogens (primary N) is 1. The normalized spacial score (nSPS) is 9.36. The Morgan fingerprint density at radius 1 is 1.29 bits per heavy atom. The highest BCUT2D eigenvalue weighted by molar-refractivity contribution is 9.09. The molecule has 0 saturated heterocycles. The fourth-order valence-electron chi connectivity index (χ4n) is 0.866. The van der Waals surface area contributed by atoms with Gasteiger partial charge in [-0.05, 0) is 6.07 Å². The first-order chi connectivity index (χ1) is 6.65. The van der Waals surface area contributed by atoms with Crippen LogP contribution in [0.2, 0.25) is 0 Å². The van der Waals surface area contributed by atoms with Gasteiger partial charge in [0.2, 0.25) is 0 Å². The molecule has 0 saturated carbocycles.